The van der Waals surface area contributed by atoms with Crippen LogP contribution in [-0.4, -0.2) is 45.5 Å². The van der Waals surface area contributed by atoms with Crippen LogP contribution in [0.1, 0.15) is 48.8 Å². The van der Waals surface area contributed by atoms with E-state index in [0.29, 0.717) is 12.0 Å². The van der Waals surface area contributed by atoms with E-state index in [2.05, 4.69) is 45.3 Å². The lowest BCUT2D eigenvalue weighted by molar-refractivity contribution is 0.218. The third kappa shape index (κ3) is 4.54. The van der Waals surface area contributed by atoms with Crippen LogP contribution in [0.15, 0.2) is 30.5 Å². The molecule has 132 valence electrons. The van der Waals surface area contributed by atoms with Crippen molar-refractivity contribution in [1.29, 1.82) is 0 Å². The van der Waals surface area contributed by atoms with Crippen molar-refractivity contribution in [3.63, 3.8) is 0 Å². The van der Waals surface area contributed by atoms with Crippen LogP contribution < -0.4 is 5.32 Å². The molecule has 0 bridgehead atoms. The first-order chi connectivity index (χ1) is 12.3. The first-order valence-corrected chi connectivity index (χ1v) is 9.50. The Bertz CT molecular complexity index is 713. The van der Waals surface area contributed by atoms with Gasteiger partial charge in [0.25, 0.3) is 0 Å². The predicted octanol–water partition coefficient (Wildman–Crippen LogP) is 3.18. The van der Waals surface area contributed by atoms with Gasteiger partial charge in [-0.15, -0.1) is 0 Å². The fourth-order valence-electron chi connectivity index (χ4n) is 3.59. The molecule has 0 radical (unpaired) electrons. The molecule has 2 fully saturated rings. The average Bonchev–Trinajstić information content (AvgIpc) is 3.46. The summed E-state index contributed by atoms with van der Waals surface area (Å²) in [6.45, 7) is 5.39. The van der Waals surface area contributed by atoms with E-state index in [-0.39, 0.29) is 0 Å². The SMILES string of the molecule is Cc1cccc(CCN2CCCC(Nc3ccnc(C4CC4)n3)C2)n1. The van der Waals surface area contributed by atoms with Gasteiger partial charge in [-0.25, -0.2) is 9.97 Å². The Kier molecular flexibility index (Phi) is 4.92. The molecular formula is C20H27N5. The number of hydrogen-bond donors (Lipinski definition) is 1. The molecule has 5 heteroatoms. The van der Waals surface area contributed by atoms with Crippen molar-refractivity contribution >= 4 is 5.82 Å². The zero-order chi connectivity index (χ0) is 17.1. The van der Waals surface area contributed by atoms with Gasteiger partial charge in [-0.1, -0.05) is 6.07 Å². The Morgan fingerprint density at radius 2 is 2.08 bits per heavy atom. The second-order valence-corrected chi connectivity index (χ2v) is 7.38. The molecule has 3 heterocycles. The Morgan fingerprint density at radius 3 is 2.92 bits per heavy atom. The second-order valence-electron chi connectivity index (χ2n) is 7.38. The molecule has 5 nitrogen and oxygen atoms in total. The molecule has 0 aromatic carbocycles. The van der Waals surface area contributed by atoms with Crippen molar-refractivity contribution in [2.75, 3.05) is 25.0 Å². The van der Waals surface area contributed by atoms with Crippen LogP contribution in [0.3, 0.4) is 0 Å². The summed E-state index contributed by atoms with van der Waals surface area (Å²) in [5.74, 6) is 2.61. The molecule has 2 aromatic rings. The fraction of sp³-hybridized carbons (Fsp3) is 0.550. The number of nitrogens with one attached hydrogen (secondary N) is 1. The van der Waals surface area contributed by atoms with E-state index < -0.39 is 0 Å². The molecule has 1 atom stereocenters. The van der Waals surface area contributed by atoms with Crippen LogP contribution in [0.25, 0.3) is 0 Å². The van der Waals surface area contributed by atoms with Crippen LogP contribution in [0.2, 0.25) is 0 Å². The summed E-state index contributed by atoms with van der Waals surface area (Å²) in [5, 5.41) is 3.63. The summed E-state index contributed by atoms with van der Waals surface area (Å²) in [6.07, 6.45) is 7.85. The third-order valence-corrected chi connectivity index (χ3v) is 5.10. The van der Waals surface area contributed by atoms with Gasteiger partial charge in [0.1, 0.15) is 11.6 Å². The van der Waals surface area contributed by atoms with Gasteiger partial charge in [0.05, 0.1) is 0 Å². The minimum absolute atomic E-state index is 0.473. The van der Waals surface area contributed by atoms with Gasteiger partial charge in [-0.3, -0.25) is 4.98 Å². The highest BCUT2D eigenvalue weighted by molar-refractivity contribution is 5.35. The van der Waals surface area contributed by atoms with Crippen LogP contribution in [0, 0.1) is 6.92 Å². The number of likely N-dealkylation sites (tertiary alicyclic amines) is 1. The number of rotatable bonds is 6. The minimum Gasteiger partial charge on any atom is -0.366 e. The van der Waals surface area contributed by atoms with Gasteiger partial charge in [0.2, 0.25) is 0 Å². The number of nitrogens with zero attached hydrogens (tertiary/aromatic N) is 4. The summed E-state index contributed by atoms with van der Waals surface area (Å²) < 4.78 is 0. The van der Waals surface area contributed by atoms with E-state index in [1.807, 2.05) is 12.3 Å². The molecule has 1 N–H and O–H groups in total. The second kappa shape index (κ2) is 7.48. The molecule has 4 rings (SSSR count). The fourth-order valence-corrected chi connectivity index (χ4v) is 3.59. The zero-order valence-corrected chi connectivity index (χ0v) is 15.0. The lowest BCUT2D eigenvalue weighted by Crippen LogP contribution is -2.43. The van der Waals surface area contributed by atoms with Gasteiger partial charge in [-0.2, -0.15) is 0 Å². The maximum atomic E-state index is 4.71. The molecule has 1 aliphatic carbocycles. The Balaban J connectivity index is 1.30. The molecule has 0 amide bonds. The molecular weight excluding hydrogens is 310 g/mol. The van der Waals surface area contributed by atoms with Crippen molar-refractivity contribution in [3.8, 4) is 0 Å². The summed E-state index contributed by atoms with van der Waals surface area (Å²) in [7, 11) is 0. The molecule has 2 aliphatic rings. The number of pyridine rings is 1. The van der Waals surface area contributed by atoms with Crippen molar-refractivity contribution < 1.29 is 0 Å². The Labute approximate surface area is 149 Å². The predicted molar refractivity (Wildman–Crippen MR) is 99.8 cm³/mol. The topological polar surface area (TPSA) is 53.9 Å². The maximum Gasteiger partial charge on any atom is 0.133 e. The Hall–Kier alpha value is -2.01. The minimum atomic E-state index is 0.473. The highest BCUT2D eigenvalue weighted by Gasteiger charge is 2.27. The van der Waals surface area contributed by atoms with Crippen LogP contribution in [0.5, 0.6) is 0 Å². The molecule has 1 saturated carbocycles. The monoisotopic (exact) mass is 337 g/mol. The van der Waals surface area contributed by atoms with E-state index in [4.69, 9.17) is 4.98 Å². The summed E-state index contributed by atoms with van der Waals surface area (Å²) in [4.78, 5) is 16.3. The number of piperidine rings is 1. The van der Waals surface area contributed by atoms with Crippen molar-refractivity contribution in [3.05, 3.63) is 47.7 Å². The van der Waals surface area contributed by atoms with Crippen LogP contribution in [0.4, 0.5) is 5.82 Å². The van der Waals surface area contributed by atoms with E-state index in [9.17, 15) is 0 Å². The van der Waals surface area contributed by atoms with E-state index in [0.717, 1.165) is 36.8 Å². The standard InChI is InChI=1S/C20H27N5/c1-15-4-2-5-17(22-15)10-13-25-12-3-6-18(14-25)23-19-9-11-21-20(24-19)16-7-8-16/h2,4-5,9,11,16,18H,3,6-8,10,12-14H2,1H3,(H,21,23,24). The largest absolute Gasteiger partial charge is 0.366 e. The molecule has 1 aliphatic heterocycles. The zero-order valence-electron chi connectivity index (χ0n) is 15.0. The van der Waals surface area contributed by atoms with Gasteiger partial charge < -0.3 is 10.2 Å². The molecule has 1 unspecified atom stereocenters. The van der Waals surface area contributed by atoms with Crippen LogP contribution >= 0.6 is 0 Å². The highest BCUT2D eigenvalue weighted by atomic mass is 15.2. The molecule has 2 aromatic heterocycles. The van der Waals surface area contributed by atoms with Crippen LogP contribution in [-0.2, 0) is 6.42 Å². The highest BCUT2D eigenvalue weighted by Crippen LogP contribution is 2.38. The van der Waals surface area contributed by atoms with Crippen molar-refractivity contribution in [2.45, 2.75) is 51.0 Å². The van der Waals surface area contributed by atoms with Gasteiger partial charge in [0, 0.05) is 49.1 Å². The maximum absolute atomic E-state index is 4.71. The van der Waals surface area contributed by atoms with Gasteiger partial charge in [0.15, 0.2) is 0 Å². The number of aryl methyl sites for hydroxylation is 1. The van der Waals surface area contributed by atoms with Gasteiger partial charge in [-0.05, 0) is 57.4 Å². The third-order valence-electron chi connectivity index (χ3n) is 5.10. The molecule has 25 heavy (non-hydrogen) atoms. The normalized spacial score (nSPS) is 21.2. The smallest absolute Gasteiger partial charge is 0.133 e. The van der Waals surface area contributed by atoms with E-state index >= 15 is 0 Å². The lowest BCUT2D eigenvalue weighted by atomic mass is 10.1. The number of anilines is 1. The summed E-state index contributed by atoms with van der Waals surface area (Å²) >= 11 is 0. The number of hydrogen-bond acceptors (Lipinski definition) is 5. The average molecular weight is 337 g/mol. The molecule has 1 saturated heterocycles. The summed E-state index contributed by atoms with van der Waals surface area (Å²) in [6, 6.07) is 8.77. The van der Waals surface area contributed by atoms with E-state index in [1.165, 1.54) is 37.9 Å². The molecule has 0 spiro atoms. The first kappa shape index (κ1) is 16.5. The quantitative estimate of drug-likeness (QED) is 0.877. The lowest BCUT2D eigenvalue weighted by Gasteiger charge is -2.33. The Morgan fingerprint density at radius 1 is 1.16 bits per heavy atom. The van der Waals surface area contributed by atoms with E-state index in [1.54, 1.807) is 0 Å². The van der Waals surface area contributed by atoms with Crippen molar-refractivity contribution in [2.24, 2.45) is 0 Å². The van der Waals surface area contributed by atoms with Crippen molar-refractivity contribution in [1.82, 2.24) is 19.9 Å². The van der Waals surface area contributed by atoms with Gasteiger partial charge >= 0.3 is 0 Å². The first-order valence-electron chi connectivity index (χ1n) is 9.50. The number of aromatic nitrogens is 3. The summed E-state index contributed by atoms with van der Waals surface area (Å²) in [5.41, 5.74) is 2.30.